The van der Waals surface area contributed by atoms with Crippen LogP contribution in [0.25, 0.3) is 0 Å². The van der Waals surface area contributed by atoms with E-state index in [-0.39, 0.29) is 23.1 Å². The average molecular weight is 605 g/mol. The van der Waals surface area contributed by atoms with E-state index >= 15 is 0 Å². The Balaban J connectivity index is 0. The predicted octanol–water partition coefficient (Wildman–Crippen LogP) is 3.72. The maximum Gasteiger partial charge on any atom is 0.226 e. The molecule has 0 spiro atoms. The first kappa shape index (κ1) is 40.9. The van der Waals surface area contributed by atoms with E-state index in [2.05, 4.69) is 0 Å². The maximum atomic E-state index is 11.4. The highest BCUT2D eigenvalue weighted by Gasteiger charge is 2.12. The molecule has 11 nitrogen and oxygen atoms in total. The molecule has 0 saturated carbocycles. The van der Waals surface area contributed by atoms with Gasteiger partial charge in [-0.1, -0.05) is 20.8 Å². The summed E-state index contributed by atoms with van der Waals surface area (Å²) in [6.45, 7) is 15.2. The normalized spacial score (nSPS) is 11.4. The largest absolute Gasteiger partial charge is 0.504 e. The number of hydrogen-bond acceptors (Lipinski definition) is 12. The minimum absolute atomic E-state index is 0.223. The summed E-state index contributed by atoms with van der Waals surface area (Å²) in [5.41, 5.74) is -0.423. The van der Waals surface area contributed by atoms with Gasteiger partial charge in [-0.3, -0.25) is 14.5 Å². The minimum atomic E-state index is -0.423. The van der Waals surface area contributed by atoms with Crippen LogP contribution in [0, 0.1) is 0 Å². The molecular formula is C29H52N2O9S. The van der Waals surface area contributed by atoms with E-state index in [0.29, 0.717) is 65.9 Å². The lowest BCUT2D eigenvalue weighted by atomic mass is 10.3. The van der Waals surface area contributed by atoms with Gasteiger partial charge in [-0.05, 0) is 44.3 Å². The quantitative estimate of drug-likeness (QED) is 0.120. The number of nitrogens with zero attached hydrogens (tertiary/aromatic N) is 2. The number of carbonyl (C=O) groups excluding carboxylic acids is 1. The molecule has 0 aliphatic heterocycles. The molecule has 0 aliphatic carbocycles. The second kappa shape index (κ2) is 29.3. The number of thioether (sulfide) groups is 1. The second-order valence-corrected chi connectivity index (χ2v) is 8.84. The number of likely N-dealkylation sites (N-methyl/N-ethyl adjacent to an activating group) is 2. The SMILES string of the molecule is CC.CCN(CCOCCOC)Cc1occc(=O)c1O.CCOCCOCCN(C)C/C=C(\O)C(=O)/C=C\SC. The topological polar surface area (TPSA) is 131 Å². The average Bonchev–Trinajstić information content (AvgIpc) is 2.99. The molecule has 0 aliphatic rings. The number of ketones is 1. The fraction of sp³-hybridized carbons (Fsp3) is 0.655. The molecule has 0 atom stereocenters. The van der Waals surface area contributed by atoms with Crippen LogP contribution in [0.2, 0.25) is 0 Å². The van der Waals surface area contributed by atoms with Crippen molar-refractivity contribution < 1.29 is 38.4 Å². The number of rotatable bonds is 21. The van der Waals surface area contributed by atoms with Gasteiger partial charge in [0.1, 0.15) is 0 Å². The molecule has 0 amide bonds. The van der Waals surface area contributed by atoms with Gasteiger partial charge in [0.15, 0.2) is 11.5 Å². The van der Waals surface area contributed by atoms with Crippen LogP contribution in [0.5, 0.6) is 5.75 Å². The van der Waals surface area contributed by atoms with Gasteiger partial charge < -0.3 is 38.5 Å². The second-order valence-electron chi connectivity index (χ2n) is 8.09. The van der Waals surface area contributed by atoms with Crippen LogP contribution < -0.4 is 5.43 Å². The number of hydrogen-bond donors (Lipinski definition) is 2. The Kier molecular flexibility index (Phi) is 29.3. The van der Waals surface area contributed by atoms with E-state index in [0.717, 1.165) is 13.1 Å². The van der Waals surface area contributed by atoms with E-state index in [9.17, 15) is 19.8 Å². The van der Waals surface area contributed by atoms with E-state index < -0.39 is 5.43 Å². The lowest BCUT2D eigenvalue weighted by Crippen LogP contribution is -2.27. The molecular weight excluding hydrogens is 552 g/mol. The lowest BCUT2D eigenvalue weighted by Gasteiger charge is -2.19. The van der Waals surface area contributed by atoms with E-state index in [1.54, 1.807) is 12.5 Å². The van der Waals surface area contributed by atoms with Gasteiger partial charge in [0.05, 0.1) is 52.4 Å². The van der Waals surface area contributed by atoms with Crippen LogP contribution in [-0.4, -0.2) is 119 Å². The molecule has 0 bridgehead atoms. The molecule has 0 unspecified atom stereocenters. The number of aliphatic hydroxyl groups excluding tert-OH is 1. The van der Waals surface area contributed by atoms with Crippen LogP contribution in [0.15, 0.2) is 44.9 Å². The van der Waals surface area contributed by atoms with Gasteiger partial charge in [-0.2, -0.15) is 0 Å². The molecule has 12 heteroatoms. The molecule has 41 heavy (non-hydrogen) atoms. The van der Waals surface area contributed by atoms with Crippen molar-refractivity contribution in [2.45, 2.75) is 34.2 Å². The van der Waals surface area contributed by atoms with Crippen molar-refractivity contribution in [2.75, 3.05) is 92.8 Å². The summed E-state index contributed by atoms with van der Waals surface area (Å²) < 4.78 is 26.0. The zero-order chi connectivity index (χ0) is 31.3. The summed E-state index contributed by atoms with van der Waals surface area (Å²) in [7, 11) is 3.53. The number of carbonyl (C=O) groups is 1. The summed E-state index contributed by atoms with van der Waals surface area (Å²) in [6, 6.07) is 1.20. The Morgan fingerprint density at radius 1 is 1.05 bits per heavy atom. The van der Waals surface area contributed by atoms with Gasteiger partial charge in [-0.15, -0.1) is 11.8 Å². The maximum absolute atomic E-state index is 11.4. The van der Waals surface area contributed by atoms with Crippen molar-refractivity contribution in [3.63, 3.8) is 0 Å². The van der Waals surface area contributed by atoms with Crippen molar-refractivity contribution in [2.24, 2.45) is 0 Å². The van der Waals surface area contributed by atoms with Gasteiger partial charge in [0.2, 0.25) is 17.0 Å². The van der Waals surface area contributed by atoms with E-state index in [1.807, 2.05) is 50.8 Å². The van der Waals surface area contributed by atoms with Crippen molar-refractivity contribution in [1.82, 2.24) is 9.80 Å². The van der Waals surface area contributed by atoms with Crippen molar-refractivity contribution in [1.29, 1.82) is 0 Å². The Hall–Kier alpha value is -2.19. The Bertz CT molecular complexity index is 878. The molecule has 0 radical (unpaired) electrons. The summed E-state index contributed by atoms with van der Waals surface area (Å²) in [5.74, 6) is -0.632. The molecule has 1 rings (SSSR count). The highest BCUT2D eigenvalue weighted by atomic mass is 32.2. The third-order valence-corrected chi connectivity index (χ3v) is 5.53. The fourth-order valence-electron chi connectivity index (χ4n) is 2.79. The highest BCUT2D eigenvalue weighted by molar-refractivity contribution is 8.01. The van der Waals surface area contributed by atoms with E-state index in [4.69, 9.17) is 23.4 Å². The van der Waals surface area contributed by atoms with Gasteiger partial charge in [-0.25, -0.2) is 0 Å². The molecule has 0 aromatic carbocycles. The van der Waals surface area contributed by atoms with Crippen LogP contribution in [0.4, 0.5) is 0 Å². The zero-order valence-corrected chi connectivity index (χ0v) is 26.7. The Morgan fingerprint density at radius 2 is 1.68 bits per heavy atom. The summed E-state index contributed by atoms with van der Waals surface area (Å²) in [4.78, 5) is 26.7. The molecule has 2 N–H and O–H groups in total. The first-order valence-electron chi connectivity index (χ1n) is 13.9. The number of aliphatic hydroxyl groups is 1. The molecule has 0 saturated heterocycles. The number of allylic oxidation sites excluding steroid dienone is 1. The van der Waals surface area contributed by atoms with Crippen molar-refractivity contribution >= 4 is 17.5 Å². The van der Waals surface area contributed by atoms with E-state index in [1.165, 1.54) is 36.2 Å². The summed E-state index contributed by atoms with van der Waals surface area (Å²) in [5, 5.41) is 20.8. The first-order chi connectivity index (χ1) is 19.8. The predicted molar refractivity (Wildman–Crippen MR) is 165 cm³/mol. The van der Waals surface area contributed by atoms with Gasteiger partial charge in [0, 0.05) is 39.4 Å². The zero-order valence-electron chi connectivity index (χ0n) is 25.9. The van der Waals surface area contributed by atoms with Crippen LogP contribution >= 0.6 is 11.8 Å². The Labute approximate surface area is 250 Å². The molecule has 1 heterocycles. The lowest BCUT2D eigenvalue weighted by molar-refractivity contribution is -0.113. The van der Waals surface area contributed by atoms with Crippen LogP contribution in [-0.2, 0) is 30.3 Å². The number of ether oxygens (including phenoxy) is 4. The standard InChI is InChI=1S/C14H25NO4S.C13H21NO5.C2H6/c1-4-18-10-11-19-9-8-15(2)7-5-13(16)14(17)6-12-20-3;1-3-14(5-7-18-9-8-17-2)10-12-13(16)11(15)4-6-19-12;1-2/h5-6,12,16H,4,7-11H2,1-3H3;4,6,16H,3,5,7-10H2,1-2H3;1-2H3/b12-6-,13-5-;;. The van der Waals surface area contributed by atoms with Crippen molar-refractivity contribution in [3.05, 3.63) is 51.6 Å². The summed E-state index contributed by atoms with van der Waals surface area (Å²) >= 11 is 1.41. The van der Waals surface area contributed by atoms with Crippen molar-refractivity contribution in [3.8, 4) is 5.75 Å². The molecule has 1 aromatic rings. The van der Waals surface area contributed by atoms with Crippen LogP contribution in [0.1, 0.15) is 33.5 Å². The first-order valence-corrected chi connectivity index (χ1v) is 15.1. The van der Waals surface area contributed by atoms with Crippen LogP contribution in [0.3, 0.4) is 0 Å². The smallest absolute Gasteiger partial charge is 0.226 e. The summed E-state index contributed by atoms with van der Waals surface area (Å²) in [6.07, 6.45) is 6.00. The minimum Gasteiger partial charge on any atom is -0.504 e. The number of methoxy groups -OCH3 is 1. The third kappa shape index (κ3) is 23.1. The van der Waals surface area contributed by atoms with Gasteiger partial charge >= 0.3 is 0 Å². The Morgan fingerprint density at radius 3 is 2.29 bits per heavy atom. The molecule has 0 fully saturated rings. The third-order valence-electron chi connectivity index (χ3n) is 5.12. The molecule has 238 valence electrons. The van der Waals surface area contributed by atoms with Gasteiger partial charge in [0.25, 0.3) is 0 Å². The monoisotopic (exact) mass is 604 g/mol. The fourth-order valence-corrected chi connectivity index (χ4v) is 3.05. The number of aromatic hydroxyl groups is 1. The molecule has 1 aromatic heterocycles. The highest BCUT2D eigenvalue weighted by Crippen LogP contribution is 2.13.